The summed E-state index contributed by atoms with van der Waals surface area (Å²) in [4.78, 5) is 14.5. The van der Waals surface area contributed by atoms with Crippen LogP contribution >= 0.6 is 0 Å². The average Bonchev–Trinajstić information content (AvgIpc) is 2.82. The van der Waals surface area contributed by atoms with Gasteiger partial charge in [-0.1, -0.05) is 37.1 Å². The number of benzene rings is 1. The minimum atomic E-state index is 0.0491. The van der Waals surface area contributed by atoms with Crippen molar-refractivity contribution in [1.82, 2.24) is 4.90 Å². The van der Waals surface area contributed by atoms with E-state index in [4.69, 9.17) is 5.73 Å². The van der Waals surface area contributed by atoms with Crippen LogP contribution in [0.4, 0.5) is 0 Å². The first kappa shape index (κ1) is 11.7. The van der Waals surface area contributed by atoms with Crippen LogP contribution in [0, 0.1) is 5.92 Å². The lowest BCUT2D eigenvalue weighted by atomic mass is 9.84. The van der Waals surface area contributed by atoms with Crippen molar-refractivity contribution < 1.29 is 4.79 Å². The van der Waals surface area contributed by atoms with Gasteiger partial charge in [-0.3, -0.25) is 4.79 Å². The highest BCUT2D eigenvalue weighted by atomic mass is 16.2. The van der Waals surface area contributed by atoms with E-state index in [-0.39, 0.29) is 17.9 Å². The summed E-state index contributed by atoms with van der Waals surface area (Å²) < 4.78 is 0. The molecule has 1 heterocycles. The number of carbonyl (C=O) groups is 1. The molecule has 1 aliphatic carbocycles. The van der Waals surface area contributed by atoms with Crippen molar-refractivity contribution >= 4 is 5.91 Å². The van der Waals surface area contributed by atoms with Gasteiger partial charge < -0.3 is 10.6 Å². The van der Waals surface area contributed by atoms with E-state index in [1.807, 2.05) is 17.0 Å². The van der Waals surface area contributed by atoms with Gasteiger partial charge in [0.15, 0.2) is 0 Å². The lowest BCUT2D eigenvalue weighted by Crippen LogP contribution is -2.44. The molecule has 3 heteroatoms. The summed E-state index contributed by atoms with van der Waals surface area (Å²) in [7, 11) is 0. The number of carbonyl (C=O) groups excluding carboxylic acids is 1. The van der Waals surface area contributed by atoms with Crippen LogP contribution in [0.25, 0.3) is 0 Å². The number of nitrogens with two attached hydrogens (primary N) is 1. The fourth-order valence-corrected chi connectivity index (χ4v) is 3.19. The van der Waals surface area contributed by atoms with E-state index in [1.165, 1.54) is 17.5 Å². The summed E-state index contributed by atoms with van der Waals surface area (Å²) in [5.74, 6) is 0.312. The second-order valence-electron chi connectivity index (χ2n) is 5.52. The van der Waals surface area contributed by atoms with E-state index in [0.29, 0.717) is 0 Å². The van der Waals surface area contributed by atoms with Gasteiger partial charge in [-0.15, -0.1) is 0 Å². The Kier molecular flexibility index (Phi) is 3.08. The van der Waals surface area contributed by atoms with Crippen molar-refractivity contribution in [3.05, 3.63) is 35.4 Å². The maximum absolute atomic E-state index is 12.5. The molecule has 2 unspecified atom stereocenters. The van der Waals surface area contributed by atoms with Crippen molar-refractivity contribution in [2.45, 2.75) is 44.8 Å². The molecule has 0 spiro atoms. The van der Waals surface area contributed by atoms with Gasteiger partial charge in [-0.25, -0.2) is 0 Å². The minimum absolute atomic E-state index is 0.0491. The molecule has 0 bridgehead atoms. The second kappa shape index (κ2) is 4.73. The molecule has 0 aromatic heterocycles. The Labute approximate surface area is 108 Å². The van der Waals surface area contributed by atoms with Gasteiger partial charge in [-0.2, -0.15) is 0 Å². The SMILES string of the molecule is NC1CCCCC1C(=O)N1Cc2ccccc2C1. The summed E-state index contributed by atoms with van der Waals surface area (Å²) in [5, 5.41) is 0. The Morgan fingerprint density at radius 3 is 2.33 bits per heavy atom. The van der Waals surface area contributed by atoms with Crippen LogP contribution in [0.2, 0.25) is 0 Å². The molecule has 3 nitrogen and oxygen atoms in total. The lowest BCUT2D eigenvalue weighted by molar-refractivity contribution is -0.137. The summed E-state index contributed by atoms with van der Waals surface area (Å²) in [5.41, 5.74) is 8.68. The van der Waals surface area contributed by atoms with Gasteiger partial charge in [0.1, 0.15) is 0 Å². The van der Waals surface area contributed by atoms with E-state index in [1.54, 1.807) is 0 Å². The first-order valence-electron chi connectivity index (χ1n) is 6.87. The van der Waals surface area contributed by atoms with Gasteiger partial charge in [0.2, 0.25) is 5.91 Å². The van der Waals surface area contributed by atoms with Crippen LogP contribution in [0.3, 0.4) is 0 Å². The van der Waals surface area contributed by atoms with E-state index in [9.17, 15) is 4.79 Å². The first-order chi connectivity index (χ1) is 8.75. The maximum atomic E-state index is 12.5. The number of hydrogen-bond donors (Lipinski definition) is 1. The molecule has 1 aromatic carbocycles. The normalized spacial score (nSPS) is 27.1. The molecule has 1 aliphatic heterocycles. The van der Waals surface area contributed by atoms with Crippen LogP contribution < -0.4 is 5.73 Å². The van der Waals surface area contributed by atoms with Crippen molar-refractivity contribution in [1.29, 1.82) is 0 Å². The summed E-state index contributed by atoms with van der Waals surface area (Å²) in [6, 6.07) is 8.38. The Balaban J connectivity index is 1.72. The van der Waals surface area contributed by atoms with Gasteiger partial charge in [0, 0.05) is 19.1 Å². The zero-order chi connectivity index (χ0) is 12.5. The average molecular weight is 244 g/mol. The Hall–Kier alpha value is -1.35. The molecule has 0 radical (unpaired) electrons. The zero-order valence-electron chi connectivity index (χ0n) is 10.6. The molecule has 1 amide bonds. The third-order valence-electron chi connectivity index (χ3n) is 4.29. The van der Waals surface area contributed by atoms with Crippen molar-refractivity contribution in [3.8, 4) is 0 Å². The molecule has 18 heavy (non-hydrogen) atoms. The van der Waals surface area contributed by atoms with Crippen LogP contribution in [-0.2, 0) is 17.9 Å². The van der Waals surface area contributed by atoms with E-state index in [0.717, 1.165) is 32.4 Å². The third kappa shape index (κ3) is 2.03. The smallest absolute Gasteiger partial charge is 0.227 e. The van der Waals surface area contributed by atoms with Gasteiger partial charge in [0.25, 0.3) is 0 Å². The van der Waals surface area contributed by atoms with Crippen LogP contribution in [0.1, 0.15) is 36.8 Å². The molecular formula is C15H20N2O. The lowest BCUT2D eigenvalue weighted by Gasteiger charge is -2.30. The molecule has 0 saturated heterocycles. The fraction of sp³-hybridized carbons (Fsp3) is 0.533. The predicted molar refractivity (Wildman–Crippen MR) is 70.6 cm³/mol. The largest absolute Gasteiger partial charge is 0.334 e. The molecule has 2 aliphatic rings. The standard InChI is InChI=1S/C15H20N2O/c16-14-8-4-3-7-13(14)15(18)17-9-11-5-1-2-6-12(11)10-17/h1-2,5-6,13-14H,3-4,7-10,16H2. The highest BCUT2D eigenvalue weighted by molar-refractivity contribution is 5.80. The zero-order valence-corrected chi connectivity index (χ0v) is 10.6. The topological polar surface area (TPSA) is 46.3 Å². The van der Waals surface area contributed by atoms with E-state index >= 15 is 0 Å². The monoisotopic (exact) mass is 244 g/mol. The van der Waals surface area contributed by atoms with Crippen molar-refractivity contribution in [2.24, 2.45) is 11.7 Å². The summed E-state index contributed by atoms with van der Waals surface area (Å²) in [6.07, 6.45) is 4.28. The fourth-order valence-electron chi connectivity index (χ4n) is 3.19. The van der Waals surface area contributed by atoms with E-state index < -0.39 is 0 Å². The minimum Gasteiger partial charge on any atom is -0.334 e. The molecule has 1 saturated carbocycles. The van der Waals surface area contributed by atoms with Gasteiger partial charge >= 0.3 is 0 Å². The van der Waals surface area contributed by atoms with Crippen molar-refractivity contribution in [2.75, 3.05) is 0 Å². The number of fused-ring (bicyclic) bond motifs is 1. The quantitative estimate of drug-likeness (QED) is 0.821. The number of nitrogens with zero attached hydrogens (tertiary/aromatic N) is 1. The van der Waals surface area contributed by atoms with Crippen LogP contribution in [0.15, 0.2) is 24.3 Å². The summed E-state index contributed by atoms with van der Waals surface area (Å²) >= 11 is 0. The summed E-state index contributed by atoms with van der Waals surface area (Å²) in [6.45, 7) is 1.52. The van der Waals surface area contributed by atoms with Crippen molar-refractivity contribution in [3.63, 3.8) is 0 Å². The first-order valence-corrected chi connectivity index (χ1v) is 6.87. The Morgan fingerprint density at radius 1 is 1.11 bits per heavy atom. The Bertz CT molecular complexity index is 433. The molecule has 96 valence electrons. The van der Waals surface area contributed by atoms with E-state index in [2.05, 4.69) is 12.1 Å². The molecule has 3 rings (SSSR count). The molecule has 1 fully saturated rings. The van der Waals surface area contributed by atoms with Gasteiger partial charge in [-0.05, 0) is 24.0 Å². The molecule has 2 atom stereocenters. The van der Waals surface area contributed by atoms with Crippen LogP contribution in [-0.4, -0.2) is 16.8 Å². The number of amides is 1. The number of rotatable bonds is 1. The maximum Gasteiger partial charge on any atom is 0.227 e. The molecule has 1 aromatic rings. The highest BCUT2D eigenvalue weighted by Gasteiger charge is 2.33. The second-order valence-corrected chi connectivity index (χ2v) is 5.52. The highest BCUT2D eigenvalue weighted by Crippen LogP contribution is 2.29. The van der Waals surface area contributed by atoms with Crippen LogP contribution in [0.5, 0.6) is 0 Å². The Morgan fingerprint density at radius 2 is 1.72 bits per heavy atom. The third-order valence-corrected chi connectivity index (χ3v) is 4.29. The predicted octanol–water partition coefficient (Wildman–Crippen LogP) is 2.05. The number of hydrogen-bond acceptors (Lipinski definition) is 2. The molecular weight excluding hydrogens is 224 g/mol. The molecule has 2 N–H and O–H groups in total. The van der Waals surface area contributed by atoms with Gasteiger partial charge in [0.05, 0.1) is 5.92 Å².